The van der Waals surface area contributed by atoms with E-state index in [4.69, 9.17) is 5.14 Å². The van der Waals surface area contributed by atoms with Gasteiger partial charge in [0.2, 0.25) is 21.7 Å². The number of oxime groups is 1. The van der Waals surface area contributed by atoms with E-state index >= 15 is 0 Å². The highest BCUT2D eigenvalue weighted by molar-refractivity contribution is 7.89. The fraction of sp³-hybridized carbons (Fsp3) is 0.125. The summed E-state index contributed by atoms with van der Waals surface area (Å²) in [5.74, 6) is -1.82. The Hall–Kier alpha value is -2.96. The summed E-state index contributed by atoms with van der Waals surface area (Å²) in [5.41, 5.74) is 1.70. The molecule has 28 heavy (non-hydrogen) atoms. The van der Waals surface area contributed by atoms with Crippen molar-refractivity contribution in [1.82, 2.24) is 15.3 Å². The second-order valence-corrected chi connectivity index (χ2v) is 8.41. The third kappa shape index (κ3) is 4.65. The molecule has 1 aromatic carbocycles. The number of nitrogens with zero attached hydrogens (tertiary/aromatic N) is 3. The molecule has 9 nitrogen and oxygen atoms in total. The molecule has 0 spiro atoms. The largest absolute Gasteiger partial charge is 0.410 e. The minimum atomic E-state index is -3.73. The smallest absolute Gasteiger partial charge is 0.276 e. The van der Waals surface area contributed by atoms with Gasteiger partial charge in [-0.1, -0.05) is 11.2 Å². The molecule has 0 aliphatic carbocycles. The SMILES string of the molecule is NS(=O)(=O)CCNC(=O)/C(=N\O)c1nc2ccc(-c3ccc(F)nc3)cc2s1. The van der Waals surface area contributed by atoms with Gasteiger partial charge in [0.1, 0.15) is 0 Å². The number of hydrogen-bond acceptors (Lipinski definition) is 8. The molecule has 12 heteroatoms. The zero-order valence-corrected chi connectivity index (χ0v) is 15.8. The number of nitrogens with two attached hydrogens (primary N) is 1. The van der Waals surface area contributed by atoms with Crippen molar-refractivity contribution in [3.05, 3.63) is 47.5 Å². The molecule has 0 saturated heterocycles. The number of amides is 1. The first-order valence-electron chi connectivity index (χ1n) is 7.80. The lowest BCUT2D eigenvalue weighted by atomic mass is 10.1. The monoisotopic (exact) mass is 423 g/mol. The summed E-state index contributed by atoms with van der Waals surface area (Å²) in [6.45, 7) is -0.233. The summed E-state index contributed by atoms with van der Waals surface area (Å²) in [6.07, 6.45) is 1.40. The minimum Gasteiger partial charge on any atom is -0.410 e. The number of pyridine rings is 1. The average molecular weight is 423 g/mol. The number of sulfonamides is 1. The number of nitrogens with one attached hydrogen (secondary N) is 1. The van der Waals surface area contributed by atoms with Gasteiger partial charge < -0.3 is 10.5 Å². The number of benzene rings is 1. The second kappa shape index (κ2) is 7.96. The third-order valence-electron chi connectivity index (χ3n) is 3.64. The number of hydrogen-bond donors (Lipinski definition) is 3. The van der Waals surface area contributed by atoms with Crippen LogP contribution in [0.4, 0.5) is 4.39 Å². The second-order valence-electron chi connectivity index (χ2n) is 5.64. The lowest BCUT2D eigenvalue weighted by Crippen LogP contribution is -2.36. The van der Waals surface area contributed by atoms with E-state index in [1.165, 1.54) is 12.3 Å². The van der Waals surface area contributed by atoms with Gasteiger partial charge in [0, 0.05) is 18.3 Å². The number of rotatable bonds is 6. The molecule has 0 aliphatic heterocycles. The van der Waals surface area contributed by atoms with Crippen molar-refractivity contribution in [2.45, 2.75) is 0 Å². The fourth-order valence-electron chi connectivity index (χ4n) is 2.33. The Labute approximate surface area is 162 Å². The van der Waals surface area contributed by atoms with Crippen LogP contribution in [0.1, 0.15) is 5.01 Å². The number of aromatic nitrogens is 2. The van der Waals surface area contributed by atoms with Crippen LogP contribution in [0.3, 0.4) is 0 Å². The van der Waals surface area contributed by atoms with Crippen molar-refractivity contribution in [2.24, 2.45) is 10.3 Å². The Morgan fingerprint density at radius 3 is 2.68 bits per heavy atom. The fourth-order valence-corrected chi connectivity index (χ4v) is 3.70. The van der Waals surface area contributed by atoms with Gasteiger partial charge in [-0.3, -0.25) is 4.79 Å². The Kier molecular flexibility index (Phi) is 5.63. The average Bonchev–Trinajstić information content (AvgIpc) is 3.04. The maximum absolute atomic E-state index is 13.0. The van der Waals surface area contributed by atoms with E-state index in [0.717, 1.165) is 16.9 Å². The molecule has 2 aromatic heterocycles. The molecular weight excluding hydrogens is 409 g/mol. The van der Waals surface area contributed by atoms with Gasteiger partial charge in [0.15, 0.2) is 5.01 Å². The van der Waals surface area contributed by atoms with E-state index in [-0.39, 0.29) is 17.3 Å². The molecule has 0 bridgehead atoms. The summed E-state index contributed by atoms with van der Waals surface area (Å²) in [6, 6.07) is 8.11. The van der Waals surface area contributed by atoms with Gasteiger partial charge in [-0.25, -0.2) is 23.5 Å². The number of primary sulfonamides is 1. The standard InChI is InChI=1S/C16H14FN5O4S2/c17-13-4-2-10(8-20-13)9-1-3-11-12(7-9)27-16(21-11)14(22-24)15(23)19-5-6-28(18,25)26/h1-4,7-8,24H,5-6H2,(H,19,23)(H2,18,25,26)/b22-14+. The molecule has 2 heterocycles. The highest BCUT2D eigenvalue weighted by Crippen LogP contribution is 2.28. The molecule has 146 valence electrons. The Bertz CT molecular complexity index is 1160. The number of carbonyl (C=O) groups excluding carboxylic acids is 1. The molecule has 4 N–H and O–H groups in total. The van der Waals surface area contributed by atoms with E-state index in [1.54, 1.807) is 24.3 Å². The first kappa shape index (κ1) is 19.8. The summed E-state index contributed by atoms with van der Waals surface area (Å²) >= 11 is 1.11. The molecule has 0 saturated carbocycles. The minimum absolute atomic E-state index is 0.153. The number of thiazole rings is 1. The summed E-state index contributed by atoms with van der Waals surface area (Å²) in [5, 5.41) is 19.5. The van der Waals surface area contributed by atoms with Gasteiger partial charge >= 0.3 is 0 Å². The Morgan fingerprint density at radius 1 is 1.29 bits per heavy atom. The molecular formula is C16H14FN5O4S2. The molecule has 0 atom stereocenters. The maximum Gasteiger partial charge on any atom is 0.276 e. The van der Waals surface area contributed by atoms with Gasteiger partial charge in [-0.05, 0) is 29.8 Å². The van der Waals surface area contributed by atoms with E-state index in [1.807, 2.05) is 0 Å². The van der Waals surface area contributed by atoms with Crippen LogP contribution in [-0.2, 0) is 14.8 Å². The van der Waals surface area contributed by atoms with Crippen LogP contribution in [0.25, 0.3) is 21.3 Å². The summed E-state index contributed by atoms with van der Waals surface area (Å²) < 4.78 is 35.5. The van der Waals surface area contributed by atoms with Crippen LogP contribution in [0.2, 0.25) is 0 Å². The van der Waals surface area contributed by atoms with Crippen LogP contribution in [0.15, 0.2) is 41.7 Å². The number of halogens is 1. The Morgan fingerprint density at radius 2 is 2.04 bits per heavy atom. The lowest BCUT2D eigenvalue weighted by molar-refractivity contribution is -0.114. The van der Waals surface area contributed by atoms with Crippen molar-refractivity contribution >= 4 is 43.2 Å². The van der Waals surface area contributed by atoms with E-state index in [9.17, 15) is 22.8 Å². The summed E-state index contributed by atoms with van der Waals surface area (Å²) in [7, 11) is -3.73. The normalized spacial score (nSPS) is 12.3. The molecule has 3 aromatic rings. The van der Waals surface area contributed by atoms with Crippen molar-refractivity contribution in [3.63, 3.8) is 0 Å². The van der Waals surface area contributed by atoms with Crippen molar-refractivity contribution < 1.29 is 22.8 Å². The highest BCUT2D eigenvalue weighted by Gasteiger charge is 2.20. The zero-order valence-electron chi connectivity index (χ0n) is 14.2. The number of carbonyl (C=O) groups is 1. The van der Waals surface area contributed by atoms with Crippen LogP contribution in [0.5, 0.6) is 0 Å². The van der Waals surface area contributed by atoms with Gasteiger partial charge in [-0.15, -0.1) is 11.3 Å². The van der Waals surface area contributed by atoms with E-state index in [2.05, 4.69) is 20.4 Å². The van der Waals surface area contributed by atoms with Crippen molar-refractivity contribution in [3.8, 4) is 11.1 Å². The lowest BCUT2D eigenvalue weighted by Gasteiger charge is -2.03. The van der Waals surface area contributed by atoms with E-state index < -0.39 is 27.6 Å². The van der Waals surface area contributed by atoms with Crippen LogP contribution < -0.4 is 10.5 Å². The topological polar surface area (TPSA) is 148 Å². The molecule has 0 unspecified atom stereocenters. The van der Waals surface area contributed by atoms with Gasteiger partial charge in [0.25, 0.3) is 5.91 Å². The summed E-state index contributed by atoms with van der Waals surface area (Å²) in [4.78, 5) is 20.0. The molecule has 0 aliphatic rings. The molecule has 3 rings (SSSR count). The number of fused-ring (bicyclic) bond motifs is 1. The van der Waals surface area contributed by atoms with E-state index in [0.29, 0.717) is 15.8 Å². The van der Waals surface area contributed by atoms with Crippen LogP contribution >= 0.6 is 11.3 Å². The van der Waals surface area contributed by atoms with Gasteiger partial charge in [0.05, 0.1) is 16.0 Å². The molecule has 1 amide bonds. The van der Waals surface area contributed by atoms with Crippen LogP contribution in [0, 0.1) is 5.95 Å². The van der Waals surface area contributed by atoms with Crippen molar-refractivity contribution in [1.29, 1.82) is 0 Å². The van der Waals surface area contributed by atoms with Crippen LogP contribution in [-0.4, -0.2) is 47.5 Å². The molecule has 0 radical (unpaired) electrons. The molecule has 0 fully saturated rings. The first-order valence-corrected chi connectivity index (χ1v) is 10.3. The highest BCUT2D eigenvalue weighted by atomic mass is 32.2. The first-order chi connectivity index (χ1) is 13.3. The predicted molar refractivity (Wildman–Crippen MR) is 102 cm³/mol. The third-order valence-corrected chi connectivity index (χ3v) is 5.44. The Balaban J connectivity index is 1.84. The van der Waals surface area contributed by atoms with Gasteiger partial charge in [-0.2, -0.15) is 4.39 Å². The quantitative estimate of drug-likeness (QED) is 0.234. The zero-order chi connectivity index (χ0) is 20.3. The maximum atomic E-state index is 13.0. The van der Waals surface area contributed by atoms with Crippen molar-refractivity contribution in [2.75, 3.05) is 12.3 Å². The predicted octanol–water partition coefficient (Wildman–Crippen LogP) is 1.08.